The van der Waals surface area contributed by atoms with Crippen molar-refractivity contribution in [3.8, 4) is 5.75 Å². The molecule has 0 fully saturated rings. The highest BCUT2D eigenvalue weighted by Gasteiger charge is 2.13. The number of hydrogen-bond donors (Lipinski definition) is 2. The summed E-state index contributed by atoms with van der Waals surface area (Å²) in [4.78, 5) is 4.69. The minimum Gasteiger partial charge on any atom is -0.495 e. The molecule has 4 nitrogen and oxygen atoms in total. The molecule has 0 aliphatic rings. The normalized spacial score (nSPS) is 12.2. The molecule has 0 radical (unpaired) electrons. The fraction of sp³-hybridized carbons (Fsp3) is 0.214. The number of nitrogens with one attached hydrogen (secondary N) is 1. The van der Waals surface area contributed by atoms with Gasteiger partial charge in [0.1, 0.15) is 11.6 Å². The molecule has 1 unspecified atom stereocenters. The van der Waals surface area contributed by atoms with Crippen LogP contribution in [0.1, 0.15) is 11.6 Å². The first-order valence-corrected chi connectivity index (χ1v) is 7.05. The number of methoxy groups -OCH3 is 1. The predicted octanol–water partition coefficient (Wildman–Crippen LogP) is 2.53. The number of aromatic nitrogens is 1. The minimum atomic E-state index is -0.225. The third kappa shape index (κ3) is 3.69. The highest BCUT2D eigenvalue weighted by atomic mass is 32.2. The highest BCUT2D eigenvalue weighted by molar-refractivity contribution is 7.99. The summed E-state index contributed by atoms with van der Waals surface area (Å²) in [5.74, 6) is 6.60. The molecule has 0 bridgehead atoms. The smallest absolute Gasteiger partial charge is 0.137 e. The van der Waals surface area contributed by atoms with Gasteiger partial charge in [0.25, 0.3) is 0 Å². The summed E-state index contributed by atoms with van der Waals surface area (Å²) in [6.45, 7) is 0. The van der Waals surface area contributed by atoms with E-state index in [9.17, 15) is 4.39 Å². The Morgan fingerprint density at radius 2 is 2.20 bits per heavy atom. The Balaban J connectivity index is 2.07. The second-order valence-corrected chi connectivity index (χ2v) is 5.18. The van der Waals surface area contributed by atoms with Gasteiger partial charge in [-0.2, -0.15) is 0 Å². The number of hydrogen-bond acceptors (Lipinski definition) is 5. The largest absolute Gasteiger partial charge is 0.495 e. The molecule has 6 heteroatoms. The molecule has 0 saturated carbocycles. The molecule has 0 spiro atoms. The van der Waals surface area contributed by atoms with Gasteiger partial charge in [-0.05, 0) is 23.8 Å². The summed E-state index contributed by atoms with van der Waals surface area (Å²) in [5, 5.41) is 0. The van der Waals surface area contributed by atoms with Crippen molar-refractivity contribution in [1.82, 2.24) is 10.4 Å². The van der Waals surface area contributed by atoms with Crippen molar-refractivity contribution < 1.29 is 9.13 Å². The van der Waals surface area contributed by atoms with Gasteiger partial charge in [0, 0.05) is 16.8 Å². The van der Waals surface area contributed by atoms with Crippen LogP contribution in [0.15, 0.2) is 47.6 Å². The number of thioether (sulfide) groups is 1. The molecule has 0 aliphatic carbocycles. The van der Waals surface area contributed by atoms with Crippen LogP contribution in [0.3, 0.4) is 0 Å². The zero-order valence-corrected chi connectivity index (χ0v) is 11.9. The highest BCUT2D eigenvalue weighted by Crippen LogP contribution is 2.27. The van der Waals surface area contributed by atoms with Crippen LogP contribution < -0.4 is 16.0 Å². The summed E-state index contributed by atoms with van der Waals surface area (Å²) >= 11 is 1.40. The van der Waals surface area contributed by atoms with Crippen LogP contribution in [0.2, 0.25) is 0 Å². The molecule has 1 atom stereocenters. The molecular weight excluding hydrogens is 277 g/mol. The summed E-state index contributed by atoms with van der Waals surface area (Å²) in [5.41, 5.74) is 3.62. The third-order valence-corrected chi connectivity index (χ3v) is 3.96. The second-order valence-electron chi connectivity index (χ2n) is 4.12. The van der Waals surface area contributed by atoms with Gasteiger partial charge < -0.3 is 4.74 Å². The molecule has 0 aliphatic heterocycles. The summed E-state index contributed by atoms with van der Waals surface area (Å²) in [6.07, 6.45) is 3.34. The molecule has 0 saturated heterocycles. The van der Waals surface area contributed by atoms with Crippen LogP contribution in [-0.4, -0.2) is 17.8 Å². The first-order valence-electron chi connectivity index (χ1n) is 6.07. The SMILES string of the molecule is COc1cncc(C(CSc2ccccc2F)NN)c1. The fourth-order valence-corrected chi connectivity index (χ4v) is 2.73. The summed E-state index contributed by atoms with van der Waals surface area (Å²) in [6, 6.07) is 8.40. The molecule has 2 rings (SSSR count). The molecule has 20 heavy (non-hydrogen) atoms. The maximum atomic E-state index is 13.6. The van der Waals surface area contributed by atoms with E-state index < -0.39 is 0 Å². The van der Waals surface area contributed by atoms with Crippen molar-refractivity contribution in [1.29, 1.82) is 0 Å². The number of nitrogens with two attached hydrogens (primary N) is 1. The Labute approximate surface area is 121 Å². The van der Waals surface area contributed by atoms with Crippen LogP contribution in [0.4, 0.5) is 4.39 Å². The maximum Gasteiger partial charge on any atom is 0.137 e. The van der Waals surface area contributed by atoms with Crippen molar-refractivity contribution in [2.75, 3.05) is 12.9 Å². The summed E-state index contributed by atoms with van der Waals surface area (Å²) in [7, 11) is 1.58. The number of benzene rings is 1. The van der Waals surface area contributed by atoms with Crippen LogP contribution in [-0.2, 0) is 0 Å². The van der Waals surface area contributed by atoms with E-state index in [1.54, 1.807) is 31.6 Å². The molecule has 1 heterocycles. The quantitative estimate of drug-likeness (QED) is 0.487. The lowest BCUT2D eigenvalue weighted by molar-refractivity contribution is 0.411. The number of hydrazine groups is 1. The lowest BCUT2D eigenvalue weighted by Gasteiger charge is -2.16. The molecular formula is C14H16FN3OS. The number of ether oxygens (including phenoxy) is 1. The van der Waals surface area contributed by atoms with Crippen molar-refractivity contribution in [2.24, 2.45) is 5.84 Å². The van der Waals surface area contributed by atoms with Gasteiger partial charge in [-0.3, -0.25) is 16.3 Å². The number of nitrogens with zero attached hydrogens (tertiary/aromatic N) is 1. The molecule has 2 aromatic rings. The maximum absolute atomic E-state index is 13.6. The third-order valence-electron chi connectivity index (χ3n) is 2.82. The predicted molar refractivity (Wildman–Crippen MR) is 78.0 cm³/mol. The van der Waals surface area contributed by atoms with Gasteiger partial charge in [0.15, 0.2) is 0 Å². The lowest BCUT2D eigenvalue weighted by Crippen LogP contribution is -2.29. The van der Waals surface area contributed by atoms with Crippen molar-refractivity contribution in [3.05, 3.63) is 54.1 Å². The molecule has 1 aromatic carbocycles. The first kappa shape index (κ1) is 14.8. The molecule has 0 amide bonds. The van der Waals surface area contributed by atoms with Crippen molar-refractivity contribution >= 4 is 11.8 Å². The van der Waals surface area contributed by atoms with Crippen LogP contribution >= 0.6 is 11.8 Å². The standard InChI is InChI=1S/C14H16FN3OS/c1-19-11-6-10(7-17-8-11)13(18-16)9-20-14-5-3-2-4-12(14)15/h2-8,13,18H,9,16H2,1H3. The van der Waals surface area contributed by atoms with E-state index >= 15 is 0 Å². The Kier molecular flexibility index (Phi) is 5.34. The topological polar surface area (TPSA) is 60.2 Å². The zero-order valence-electron chi connectivity index (χ0n) is 11.0. The van der Waals surface area contributed by atoms with Gasteiger partial charge >= 0.3 is 0 Å². The van der Waals surface area contributed by atoms with Crippen molar-refractivity contribution in [3.63, 3.8) is 0 Å². The fourth-order valence-electron chi connectivity index (χ4n) is 1.71. The molecule has 1 aromatic heterocycles. The van der Waals surface area contributed by atoms with E-state index in [1.165, 1.54) is 17.8 Å². The number of halogens is 1. The second kappa shape index (κ2) is 7.23. The lowest BCUT2D eigenvalue weighted by atomic mass is 10.1. The van der Waals surface area contributed by atoms with Crippen LogP contribution in [0.25, 0.3) is 0 Å². The number of pyridine rings is 1. The average molecular weight is 293 g/mol. The monoisotopic (exact) mass is 293 g/mol. The molecule has 106 valence electrons. The minimum absolute atomic E-state index is 0.137. The van der Waals surface area contributed by atoms with Gasteiger partial charge in [-0.15, -0.1) is 11.8 Å². The van der Waals surface area contributed by atoms with Crippen LogP contribution in [0, 0.1) is 5.82 Å². The Hall–Kier alpha value is -1.63. The molecule has 3 N–H and O–H groups in total. The Morgan fingerprint density at radius 1 is 1.40 bits per heavy atom. The van der Waals surface area contributed by atoms with E-state index in [-0.39, 0.29) is 11.9 Å². The van der Waals surface area contributed by atoms with Crippen molar-refractivity contribution in [2.45, 2.75) is 10.9 Å². The summed E-state index contributed by atoms with van der Waals surface area (Å²) < 4.78 is 18.7. The van der Waals surface area contributed by atoms with Crippen LogP contribution in [0.5, 0.6) is 5.75 Å². The van der Waals surface area contributed by atoms with Gasteiger partial charge in [-0.1, -0.05) is 12.1 Å². The Morgan fingerprint density at radius 3 is 2.90 bits per heavy atom. The van der Waals surface area contributed by atoms with E-state index in [0.29, 0.717) is 16.4 Å². The Bertz CT molecular complexity index is 568. The van der Waals surface area contributed by atoms with E-state index in [0.717, 1.165) is 5.56 Å². The van der Waals surface area contributed by atoms with E-state index in [1.807, 2.05) is 12.1 Å². The van der Waals surface area contributed by atoms with E-state index in [4.69, 9.17) is 10.6 Å². The zero-order chi connectivity index (χ0) is 14.4. The van der Waals surface area contributed by atoms with Gasteiger partial charge in [-0.25, -0.2) is 4.39 Å². The average Bonchev–Trinajstić information content (AvgIpc) is 2.50. The van der Waals surface area contributed by atoms with E-state index in [2.05, 4.69) is 10.4 Å². The van der Waals surface area contributed by atoms with Gasteiger partial charge in [0.05, 0.1) is 19.3 Å². The van der Waals surface area contributed by atoms with Gasteiger partial charge in [0.2, 0.25) is 0 Å². The number of rotatable bonds is 6. The first-order chi connectivity index (χ1) is 9.74.